The Labute approximate surface area is 201 Å². The Balaban J connectivity index is 2.11. The Morgan fingerprint density at radius 1 is 1.09 bits per heavy atom. The molecule has 1 N–H and O–H groups in total. The Hall–Kier alpha value is -3.32. The molecular formula is C27H34N2O5. The van der Waals surface area contributed by atoms with Gasteiger partial charge in [0.1, 0.15) is 17.3 Å². The molecule has 0 spiro atoms. The maximum atomic E-state index is 13.2. The normalized spacial score (nSPS) is 17.6. The molecule has 0 radical (unpaired) electrons. The molecule has 0 aromatic heterocycles. The highest BCUT2D eigenvalue weighted by atomic mass is 16.5. The van der Waals surface area contributed by atoms with Crippen LogP contribution in [0.5, 0.6) is 11.5 Å². The minimum absolute atomic E-state index is 0.0267. The quantitative estimate of drug-likeness (QED) is 0.320. The summed E-state index contributed by atoms with van der Waals surface area (Å²) in [6.07, 6.45) is 0.823. The van der Waals surface area contributed by atoms with Crippen molar-refractivity contribution < 1.29 is 24.2 Å². The van der Waals surface area contributed by atoms with E-state index in [0.29, 0.717) is 42.3 Å². The molecule has 1 aliphatic rings. The summed E-state index contributed by atoms with van der Waals surface area (Å²) >= 11 is 0. The van der Waals surface area contributed by atoms with Gasteiger partial charge in [-0.3, -0.25) is 9.59 Å². The number of Topliss-reactive ketones (excluding diaryl/α,β-unsaturated/α-hetero) is 1. The van der Waals surface area contributed by atoms with Gasteiger partial charge < -0.3 is 24.4 Å². The van der Waals surface area contributed by atoms with Crippen molar-refractivity contribution in [1.29, 1.82) is 0 Å². The molecule has 1 fully saturated rings. The van der Waals surface area contributed by atoms with E-state index in [1.165, 1.54) is 4.90 Å². The maximum absolute atomic E-state index is 13.2. The van der Waals surface area contributed by atoms with E-state index in [9.17, 15) is 14.7 Å². The van der Waals surface area contributed by atoms with Crippen LogP contribution in [0.1, 0.15) is 44.4 Å². The summed E-state index contributed by atoms with van der Waals surface area (Å²) in [6, 6.07) is 13.6. The minimum Gasteiger partial charge on any atom is -0.507 e. The van der Waals surface area contributed by atoms with Crippen LogP contribution in [0.2, 0.25) is 0 Å². The van der Waals surface area contributed by atoms with Crippen molar-refractivity contribution in [3.8, 4) is 11.5 Å². The lowest BCUT2D eigenvalue weighted by atomic mass is 9.95. The van der Waals surface area contributed by atoms with Gasteiger partial charge in [0.05, 0.1) is 24.3 Å². The molecule has 1 amide bonds. The lowest BCUT2D eigenvalue weighted by molar-refractivity contribution is -0.140. The molecule has 1 unspecified atom stereocenters. The van der Waals surface area contributed by atoms with Crippen LogP contribution in [-0.4, -0.2) is 66.5 Å². The van der Waals surface area contributed by atoms with E-state index in [2.05, 4.69) is 0 Å². The fourth-order valence-electron chi connectivity index (χ4n) is 3.90. The van der Waals surface area contributed by atoms with E-state index in [-0.39, 0.29) is 17.4 Å². The number of amides is 1. The molecule has 0 aliphatic carbocycles. The third-order valence-electron chi connectivity index (χ3n) is 5.45. The van der Waals surface area contributed by atoms with Gasteiger partial charge >= 0.3 is 0 Å². The van der Waals surface area contributed by atoms with Gasteiger partial charge in [0.15, 0.2) is 0 Å². The third-order valence-corrected chi connectivity index (χ3v) is 5.45. The average molecular weight is 467 g/mol. The van der Waals surface area contributed by atoms with E-state index >= 15 is 0 Å². The number of hydrogen-bond acceptors (Lipinski definition) is 6. The molecule has 1 atom stereocenters. The molecule has 7 heteroatoms. The van der Waals surface area contributed by atoms with Crippen molar-refractivity contribution in [2.24, 2.45) is 0 Å². The Kier molecular flexibility index (Phi) is 8.34. The molecule has 3 rings (SSSR count). The van der Waals surface area contributed by atoms with Crippen molar-refractivity contribution in [2.75, 3.05) is 33.8 Å². The number of ether oxygens (including phenoxy) is 2. The number of benzene rings is 2. The van der Waals surface area contributed by atoms with E-state index in [4.69, 9.17) is 9.47 Å². The predicted molar refractivity (Wildman–Crippen MR) is 132 cm³/mol. The molecule has 0 bridgehead atoms. The topological polar surface area (TPSA) is 79.3 Å². The Morgan fingerprint density at radius 2 is 1.79 bits per heavy atom. The second-order valence-electron chi connectivity index (χ2n) is 8.91. The van der Waals surface area contributed by atoms with Crippen molar-refractivity contribution in [2.45, 2.75) is 39.3 Å². The number of nitrogens with zero attached hydrogens (tertiary/aromatic N) is 2. The number of hydrogen-bond donors (Lipinski definition) is 1. The highest BCUT2D eigenvalue weighted by Gasteiger charge is 2.46. The summed E-state index contributed by atoms with van der Waals surface area (Å²) in [5.41, 5.74) is 1.20. The molecule has 2 aromatic carbocycles. The van der Waals surface area contributed by atoms with Gasteiger partial charge in [-0.05, 0) is 64.2 Å². The number of likely N-dealkylation sites (tertiary alicyclic amines) is 1. The first-order valence-corrected chi connectivity index (χ1v) is 11.7. The standard InChI is InChI=1S/C27H34N2O5/c1-6-15-33-21-11-8-10-20(17-21)25(30)23-24(19-9-7-12-22(16-19)34-18(2)3)29(14-13-28(4)5)27(32)26(23)31/h7-12,16-18,24,30H,6,13-15H2,1-5H3/b25-23-. The SMILES string of the molecule is CCCOc1cccc(/C(O)=C2/C(=O)C(=O)N(CCN(C)C)C2c2cccc(OC(C)C)c2)c1. The van der Waals surface area contributed by atoms with Gasteiger partial charge in [-0.1, -0.05) is 31.2 Å². The van der Waals surface area contributed by atoms with E-state index in [1.54, 1.807) is 24.3 Å². The van der Waals surface area contributed by atoms with Crippen LogP contribution in [0.4, 0.5) is 0 Å². The van der Waals surface area contributed by atoms with Crippen LogP contribution in [0.15, 0.2) is 54.1 Å². The molecular weight excluding hydrogens is 432 g/mol. The maximum Gasteiger partial charge on any atom is 0.295 e. The number of aliphatic hydroxyl groups excluding tert-OH is 1. The fourth-order valence-corrected chi connectivity index (χ4v) is 3.90. The second-order valence-corrected chi connectivity index (χ2v) is 8.91. The fraction of sp³-hybridized carbons (Fsp3) is 0.407. The number of ketones is 1. The zero-order valence-electron chi connectivity index (χ0n) is 20.6. The average Bonchev–Trinajstić information content (AvgIpc) is 3.05. The summed E-state index contributed by atoms with van der Waals surface area (Å²) in [6.45, 7) is 7.34. The van der Waals surface area contributed by atoms with Gasteiger partial charge in [-0.25, -0.2) is 0 Å². The smallest absolute Gasteiger partial charge is 0.295 e. The second kappa shape index (κ2) is 11.2. The molecule has 1 saturated heterocycles. The van der Waals surface area contributed by atoms with Crippen LogP contribution in [0.25, 0.3) is 5.76 Å². The summed E-state index contributed by atoms with van der Waals surface area (Å²) in [5.74, 6) is -0.302. The van der Waals surface area contributed by atoms with Crippen LogP contribution in [-0.2, 0) is 9.59 Å². The Morgan fingerprint density at radius 3 is 2.47 bits per heavy atom. The summed E-state index contributed by atoms with van der Waals surface area (Å²) < 4.78 is 11.5. The first-order chi connectivity index (χ1) is 16.2. The first kappa shape index (κ1) is 25.3. The van der Waals surface area contributed by atoms with Crippen molar-refractivity contribution >= 4 is 17.4 Å². The minimum atomic E-state index is -0.726. The van der Waals surface area contributed by atoms with Crippen LogP contribution >= 0.6 is 0 Å². The van der Waals surface area contributed by atoms with Crippen LogP contribution in [0.3, 0.4) is 0 Å². The number of rotatable bonds is 10. The van der Waals surface area contributed by atoms with E-state index in [1.807, 2.05) is 64.0 Å². The molecule has 1 aliphatic heterocycles. The number of carbonyl (C=O) groups is 2. The predicted octanol–water partition coefficient (Wildman–Crippen LogP) is 4.25. The monoisotopic (exact) mass is 466 g/mol. The highest BCUT2D eigenvalue weighted by molar-refractivity contribution is 6.46. The zero-order valence-corrected chi connectivity index (χ0v) is 20.6. The Bertz CT molecular complexity index is 1060. The molecule has 7 nitrogen and oxygen atoms in total. The lowest BCUT2D eigenvalue weighted by Gasteiger charge is -2.27. The van der Waals surface area contributed by atoms with Crippen molar-refractivity contribution in [3.63, 3.8) is 0 Å². The van der Waals surface area contributed by atoms with E-state index < -0.39 is 17.7 Å². The third kappa shape index (κ3) is 5.78. The molecule has 2 aromatic rings. The molecule has 0 saturated carbocycles. The van der Waals surface area contributed by atoms with Gasteiger partial charge in [-0.2, -0.15) is 0 Å². The largest absolute Gasteiger partial charge is 0.507 e. The number of aliphatic hydroxyl groups is 1. The van der Waals surface area contributed by atoms with Crippen molar-refractivity contribution in [3.05, 3.63) is 65.2 Å². The zero-order chi connectivity index (χ0) is 24.8. The summed E-state index contributed by atoms with van der Waals surface area (Å²) in [5, 5.41) is 11.3. The van der Waals surface area contributed by atoms with E-state index in [0.717, 1.165) is 6.42 Å². The number of likely N-dealkylation sites (N-methyl/N-ethyl adjacent to an activating group) is 1. The van der Waals surface area contributed by atoms with Gasteiger partial charge in [0.25, 0.3) is 11.7 Å². The first-order valence-electron chi connectivity index (χ1n) is 11.7. The van der Waals surface area contributed by atoms with Gasteiger partial charge in [0.2, 0.25) is 0 Å². The molecule has 182 valence electrons. The summed E-state index contributed by atoms with van der Waals surface area (Å²) in [7, 11) is 3.81. The van der Waals surface area contributed by atoms with Gasteiger partial charge in [-0.15, -0.1) is 0 Å². The lowest BCUT2D eigenvalue weighted by Crippen LogP contribution is -2.35. The highest BCUT2D eigenvalue weighted by Crippen LogP contribution is 2.40. The van der Waals surface area contributed by atoms with Gasteiger partial charge in [0, 0.05) is 18.7 Å². The number of carbonyl (C=O) groups excluding carboxylic acids is 2. The van der Waals surface area contributed by atoms with Crippen molar-refractivity contribution in [1.82, 2.24) is 9.80 Å². The van der Waals surface area contributed by atoms with Crippen LogP contribution in [0, 0.1) is 0 Å². The molecule has 34 heavy (non-hydrogen) atoms. The molecule has 1 heterocycles. The summed E-state index contributed by atoms with van der Waals surface area (Å²) in [4.78, 5) is 29.7. The van der Waals surface area contributed by atoms with Crippen LogP contribution < -0.4 is 9.47 Å².